The van der Waals surface area contributed by atoms with E-state index in [2.05, 4.69) is 0 Å². The van der Waals surface area contributed by atoms with Crippen LogP contribution < -0.4 is 10.5 Å². The summed E-state index contributed by atoms with van der Waals surface area (Å²) in [4.78, 5) is 21.9. The van der Waals surface area contributed by atoms with Crippen LogP contribution in [0.2, 0.25) is 5.02 Å². The van der Waals surface area contributed by atoms with E-state index in [-0.39, 0.29) is 36.1 Å². The molecule has 7 nitrogen and oxygen atoms in total. The zero-order valence-corrected chi connectivity index (χ0v) is 12.6. The number of rotatable bonds is 7. The summed E-state index contributed by atoms with van der Waals surface area (Å²) in [6.07, 6.45) is 0.133. The number of benzene rings is 1. The summed E-state index contributed by atoms with van der Waals surface area (Å²) < 4.78 is 10.2. The first-order valence-corrected chi connectivity index (χ1v) is 6.69. The Labute approximate surface area is 127 Å². The largest absolute Gasteiger partial charge is 0.486 e. The van der Waals surface area contributed by atoms with Gasteiger partial charge in [-0.25, -0.2) is 0 Å². The molecule has 0 aliphatic rings. The van der Waals surface area contributed by atoms with Gasteiger partial charge in [-0.1, -0.05) is 17.7 Å². The number of carbonyl (C=O) groups excluding carboxylic acids is 1. The lowest BCUT2D eigenvalue weighted by Crippen LogP contribution is -2.47. The number of para-hydroxylation sites is 1. The second kappa shape index (κ2) is 7.24. The third-order valence-electron chi connectivity index (χ3n) is 2.75. The standard InChI is InChI=1S/C13H17ClN2O5/c1-3-20-12(17)13(2,15)7-8-21-11-9(14)5-4-6-10(11)16(18)19/h4-6H,3,7-8,15H2,1-2H3. The van der Waals surface area contributed by atoms with Gasteiger partial charge in [0.1, 0.15) is 5.54 Å². The van der Waals surface area contributed by atoms with E-state index >= 15 is 0 Å². The summed E-state index contributed by atoms with van der Waals surface area (Å²) in [6.45, 7) is 3.41. The fraction of sp³-hybridized carbons (Fsp3) is 0.462. The van der Waals surface area contributed by atoms with Crippen LogP contribution >= 0.6 is 11.6 Å². The fourth-order valence-corrected chi connectivity index (χ4v) is 1.77. The third kappa shape index (κ3) is 4.57. The Morgan fingerprint density at radius 1 is 1.52 bits per heavy atom. The Bertz CT molecular complexity index is 533. The molecule has 0 amide bonds. The first kappa shape index (κ1) is 17.2. The van der Waals surface area contributed by atoms with Gasteiger partial charge in [-0.05, 0) is 19.9 Å². The SMILES string of the molecule is CCOC(=O)C(C)(N)CCOc1c(Cl)cccc1[N+](=O)[O-]. The molecule has 0 fully saturated rings. The van der Waals surface area contributed by atoms with Crippen LogP contribution in [-0.4, -0.2) is 29.6 Å². The molecule has 2 N–H and O–H groups in total. The third-order valence-corrected chi connectivity index (χ3v) is 3.05. The molecule has 0 bridgehead atoms. The molecular formula is C13H17ClN2O5. The van der Waals surface area contributed by atoms with E-state index in [0.717, 1.165) is 0 Å². The second-order valence-corrected chi connectivity index (χ2v) is 4.99. The van der Waals surface area contributed by atoms with E-state index < -0.39 is 16.4 Å². The van der Waals surface area contributed by atoms with Gasteiger partial charge in [0.25, 0.3) is 0 Å². The predicted octanol–water partition coefficient (Wildman–Crippen LogP) is 2.30. The summed E-state index contributed by atoms with van der Waals surface area (Å²) in [6, 6.07) is 4.23. The summed E-state index contributed by atoms with van der Waals surface area (Å²) in [7, 11) is 0. The highest BCUT2D eigenvalue weighted by Crippen LogP contribution is 2.34. The zero-order chi connectivity index (χ0) is 16.0. The number of nitro benzene ring substituents is 1. The number of halogens is 1. The second-order valence-electron chi connectivity index (χ2n) is 4.58. The Kier molecular flexibility index (Phi) is 5.92. The van der Waals surface area contributed by atoms with E-state index in [1.165, 1.54) is 25.1 Å². The Morgan fingerprint density at radius 2 is 2.19 bits per heavy atom. The lowest BCUT2D eigenvalue weighted by atomic mass is 10.0. The zero-order valence-electron chi connectivity index (χ0n) is 11.8. The van der Waals surface area contributed by atoms with Gasteiger partial charge in [-0.2, -0.15) is 0 Å². The highest BCUT2D eigenvalue weighted by molar-refractivity contribution is 6.32. The van der Waals surface area contributed by atoms with Crippen molar-refractivity contribution < 1.29 is 19.2 Å². The number of nitrogens with zero attached hydrogens (tertiary/aromatic N) is 1. The van der Waals surface area contributed by atoms with Gasteiger partial charge in [0.05, 0.1) is 23.2 Å². The van der Waals surface area contributed by atoms with Crippen LogP contribution in [0.3, 0.4) is 0 Å². The van der Waals surface area contributed by atoms with Crippen molar-refractivity contribution in [3.63, 3.8) is 0 Å². The van der Waals surface area contributed by atoms with Crippen LogP contribution in [0.5, 0.6) is 5.75 Å². The highest BCUT2D eigenvalue weighted by Gasteiger charge is 2.30. The maximum absolute atomic E-state index is 11.6. The Balaban J connectivity index is 2.73. The van der Waals surface area contributed by atoms with Crippen LogP contribution in [0.15, 0.2) is 18.2 Å². The van der Waals surface area contributed by atoms with E-state index in [9.17, 15) is 14.9 Å². The van der Waals surface area contributed by atoms with Crippen LogP contribution in [0, 0.1) is 10.1 Å². The predicted molar refractivity (Wildman–Crippen MR) is 77.4 cm³/mol. The number of hydrogen-bond acceptors (Lipinski definition) is 6. The van der Waals surface area contributed by atoms with Crippen LogP contribution in [-0.2, 0) is 9.53 Å². The lowest BCUT2D eigenvalue weighted by Gasteiger charge is -2.22. The lowest BCUT2D eigenvalue weighted by molar-refractivity contribution is -0.385. The molecule has 0 heterocycles. The number of nitro groups is 1. The summed E-state index contributed by atoms with van der Waals surface area (Å²) in [5.74, 6) is -0.592. The smallest absolute Gasteiger partial charge is 0.325 e. The van der Waals surface area contributed by atoms with Crippen molar-refractivity contribution in [3.05, 3.63) is 33.3 Å². The van der Waals surface area contributed by atoms with Gasteiger partial charge in [-0.15, -0.1) is 0 Å². The van der Waals surface area contributed by atoms with Crippen LogP contribution in [0.4, 0.5) is 5.69 Å². The highest BCUT2D eigenvalue weighted by atomic mass is 35.5. The first-order valence-electron chi connectivity index (χ1n) is 6.31. The van der Waals surface area contributed by atoms with E-state index in [4.69, 9.17) is 26.8 Å². The van der Waals surface area contributed by atoms with Crippen molar-refractivity contribution in [3.8, 4) is 5.75 Å². The number of esters is 1. The number of carbonyl (C=O) groups is 1. The molecule has 0 spiro atoms. The van der Waals surface area contributed by atoms with Crippen molar-refractivity contribution >= 4 is 23.3 Å². The van der Waals surface area contributed by atoms with Gasteiger partial charge in [0.15, 0.2) is 0 Å². The minimum atomic E-state index is -1.23. The summed E-state index contributed by atoms with van der Waals surface area (Å²) in [5.41, 5.74) is 4.36. The molecule has 21 heavy (non-hydrogen) atoms. The molecule has 0 aromatic heterocycles. The van der Waals surface area contributed by atoms with Crippen LogP contribution in [0.25, 0.3) is 0 Å². The summed E-state index contributed by atoms with van der Waals surface area (Å²) in [5, 5.41) is 11.0. The number of nitrogens with two attached hydrogens (primary N) is 1. The molecule has 0 aliphatic carbocycles. The molecule has 1 atom stereocenters. The van der Waals surface area contributed by atoms with Gasteiger partial charge in [0, 0.05) is 12.5 Å². The number of hydrogen-bond donors (Lipinski definition) is 1. The molecule has 0 saturated carbocycles. The Morgan fingerprint density at radius 3 is 2.76 bits per heavy atom. The minimum Gasteiger partial charge on any atom is -0.486 e. The molecule has 1 aromatic rings. The molecule has 1 rings (SSSR count). The molecular weight excluding hydrogens is 300 g/mol. The van der Waals surface area contributed by atoms with Crippen LogP contribution in [0.1, 0.15) is 20.3 Å². The normalized spacial score (nSPS) is 13.3. The first-order chi connectivity index (χ1) is 9.79. The minimum absolute atomic E-state index is 0.00358. The van der Waals surface area contributed by atoms with Crippen molar-refractivity contribution in [2.75, 3.05) is 13.2 Å². The van der Waals surface area contributed by atoms with Crippen molar-refractivity contribution in [2.45, 2.75) is 25.8 Å². The van der Waals surface area contributed by atoms with Gasteiger partial charge in [-0.3, -0.25) is 14.9 Å². The Hall–Kier alpha value is -1.86. The van der Waals surface area contributed by atoms with Gasteiger partial charge < -0.3 is 15.2 Å². The van der Waals surface area contributed by atoms with E-state index in [1.807, 2.05) is 0 Å². The topological polar surface area (TPSA) is 105 Å². The quantitative estimate of drug-likeness (QED) is 0.470. The maximum Gasteiger partial charge on any atom is 0.325 e. The van der Waals surface area contributed by atoms with Gasteiger partial charge >= 0.3 is 11.7 Å². The molecule has 1 aromatic carbocycles. The van der Waals surface area contributed by atoms with E-state index in [1.54, 1.807) is 6.92 Å². The fourth-order valence-electron chi connectivity index (χ4n) is 1.55. The maximum atomic E-state index is 11.6. The van der Waals surface area contributed by atoms with E-state index in [0.29, 0.717) is 0 Å². The summed E-state index contributed by atoms with van der Waals surface area (Å²) >= 11 is 5.88. The molecule has 1 unspecified atom stereocenters. The monoisotopic (exact) mass is 316 g/mol. The molecule has 116 valence electrons. The van der Waals surface area contributed by atoms with Gasteiger partial charge in [0.2, 0.25) is 5.75 Å². The average Bonchev–Trinajstić information content (AvgIpc) is 2.40. The molecule has 0 saturated heterocycles. The van der Waals surface area contributed by atoms with Crippen molar-refractivity contribution in [1.29, 1.82) is 0 Å². The van der Waals surface area contributed by atoms with Crippen molar-refractivity contribution in [2.24, 2.45) is 5.73 Å². The van der Waals surface area contributed by atoms with Crippen molar-refractivity contribution in [1.82, 2.24) is 0 Å². The molecule has 8 heteroatoms. The molecule has 0 radical (unpaired) electrons. The average molecular weight is 317 g/mol. The molecule has 0 aliphatic heterocycles. The number of ether oxygens (including phenoxy) is 2.